The van der Waals surface area contributed by atoms with Gasteiger partial charge in [0.25, 0.3) is 0 Å². The summed E-state index contributed by atoms with van der Waals surface area (Å²) in [6, 6.07) is 10.3. The van der Waals surface area contributed by atoms with E-state index in [0.717, 1.165) is 12.1 Å². The molecule has 0 saturated heterocycles. The Balaban J connectivity index is 1.69. The molecule has 1 heterocycles. The molecule has 0 fully saturated rings. The number of carbonyl (C=O) groups excluding carboxylic acids is 1. The molecule has 1 amide bonds. The molecule has 1 atom stereocenters. The fourth-order valence-electron chi connectivity index (χ4n) is 2.99. The summed E-state index contributed by atoms with van der Waals surface area (Å²) >= 11 is 1.19. The highest BCUT2D eigenvalue weighted by Crippen LogP contribution is 2.28. The number of thioether (sulfide) groups is 1. The van der Waals surface area contributed by atoms with Crippen molar-refractivity contribution in [2.75, 3.05) is 17.7 Å². The number of hydrogen-bond donors (Lipinski definition) is 1. The van der Waals surface area contributed by atoms with Gasteiger partial charge in [0.2, 0.25) is 5.91 Å². The fourth-order valence-corrected chi connectivity index (χ4v) is 3.74. The molecule has 0 aliphatic rings. The summed E-state index contributed by atoms with van der Waals surface area (Å²) in [6.45, 7) is 8.13. The third-order valence-corrected chi connectivity index (χ3v) is 5.38. The van der Waals surface area contributed by atoms with Gasteiger partial charge in [0, 0.05) is 12.6 Å². The van der Waals surface area contributed by atoms with Crippen LogP contribution in [0.1, 0.15) is 25.8 Å². The van der Waals surface area contributed by atoms with Gasteiger partial charge in [0.05, 0.1) is 18.0 Å². The van der Waals surface area contributed by atoms with Crippen LogP contribution in [0.5, 0.6) is 11.5 Å². The minimum absolute atomic E-state index is 0.0809. The Labute approximate surface area is 194 Å². The Kier molecular flexibility index (Phi) is 8.42. The molecular weight excluding hydrogens is 450 g/mol. The van der Waals surface area contributed by atoms with Crippen molar-refractivity contribution < 1.29 is 23.0 Å². The number of para-hydroxylation sites is 2. The largest absolute Gasteiger partial charge is 0.492 e. The molecule has 1 N–H and O–H groups in total. The van der Waals surface area contributed by atoms with Gasteiger partial charge in [0.15, 0.2) is 28.7 Å². The highest BCUT2D eigenvalue weighted by molar-refractivity contribution is 7.99. The van der Waals surface area contributed by atoms with Crippen molar-refractivity contribution >= 4 is 23.4 Å². The number of halogens is 2. The van der Waals surface area contributed by atoms with Gasteiger partial charge >= 0.3 is 0 Å². The summed E-state index contributed by atoms with van der Waals surface area (Å²) < 4.78 is 40.0. The predicted octanol–water partition coefficient (Wildman–Crippen LogP) is 5.01. The molecule has 2 aromatic carbocycles. The van der Waals surface area contributed by atoms with Gasteiger partial charge in [-0.15, -0.1) is 16.8 Å². The number of nitrogens with zero attached hydrogens (tertiary/aromatic N) is 3. The fraction of sp³-hybridized carbons (Fsp3) is 0.261. The number of carbonyl (C=O) groups is 1. The lowest BCUT2D eigenvalue weighted by Crippen LogP contribution is -2.16. The number of nitrogens with one attached hydrogen (secondary N) is 1. The van der Waals surface area contributed by atoms with Crippen LogP contribution in [0.25, 0.3) is 0 Å². The van der Waals surface area contributed by atoms with Gasteiger partial charge in [-0.25, -0.2) is 8.78 Å². The van der Waals surface area contributed by atoms with Crippen LogP contribution in [0.2, 0.25) is 0 Å². The van der Waals surface area contributed by atoms with Crippen molar-refractivity contribution in [3.8, 4) is 11.5 Å². The smallest absolute Gasteiger partial charge is 0.234 e. The van der Waals surface area contributed by atoms with Crippen LogP contribution in [0.3, 0.4) is 0 Å². The summed E-state index contributed by atoms with van der Waals surface area (Å²) in [7, 11) is 0. The monoisotopic (exact) mass is 474 g/mol. The molecule has 3 rings (SSSR count). The van der Waals surface area contributed by atoms with Crippen molar-refractivity contribution in [3.05, 3.63) is 72.6 Å². The standard InChI is InChI=1S/C23H24F2N4O3S/c1-4-12-29-22(15(3)32-19-11-10-16(24)13-17(19)25)27-28-23(29)33-14-21(30)26-18-8-6-7-9-20(18)31-5-2/h4,6-11,13,15H,1,5,12,14H2,2-3H3,(H,26,30). The van der Waals surface area contributed by atoms with E-state index in [2.05, 4.69) is 22.1 Å². The molecule has 0 aliphatic carbocycles. The average Bonchev–Trinajstić information content (AvgIpc) is 3.19. The van der Waals surface area contributed by atoms with Gasteiger partial charge in [-0.3, -0.25) is 9.36 Å². The number of anilines is 1. The lowest BCUT2D eigenvalue weighted by Gasteiger charge is -2.16. The van der Waals surface area contributed by atoms with Crippen molar-refractivity contribution in [3.63, 3.8) is 0 Å². The normalized spacial score (nSPS) is 11.6. The van der Waals surface area contributed by atoms with E-state index in [-0.39, 0.29) is 17.4 Å². The molecule has 33 heavy (non-hydrogen) atoms. The highest BCUT2D eigenvalue weighted by Gasteiger charge is 2.21. The van der Waals surface area contributed by atoms with Crippen molar-refractivity contribution in [2.45, 2.75) is 31.7 Å². The lowest BCUT2D eigenvalue weighted by atomic mass is 10.3. The molecule has 0 radical (unpaired) electrons. The van der Waals surface area contributed by atoms with Crippen molar-refractivity contribution in [1.82, 2.24) is 14.8 Å². The number of aromatic nitrogens is 3. The summed E-state index contributed by atoms with van der Waals surface area (Å²) in [5.41, 5.74) is 0.585. The summed E-state index contributed by atoms with van der Waals surface area (Å²) in [5, 5.41) is 11.6. The Morgan fingerprint density at radius 2 is 2.03 bits per heavy atom. The minimum atomic E-state index is -0.810. The number of hydrogen-bond acceptors (Lipinski definition) is 6. The highest BCUT2D eigenvalue weighted by atomic mass is 32.2. The van der Waals surface area contributed by atoms with E-state index in [0.29, 0.717) is 35.6 Å². The number of rotatable bonds is 11. The number of allylic oxidation sites excluding steroid dienone is 1. The van der Waals surface area contributed by atoms with Gasteiger partial charge in [0.1, 0.15) is 11.6 Å². The average molecular weight is 475 g/mol. The predicted molar refractivity (Wildman–Crippen MR) is 123 cm³/mol. The van der Waals surface area contributed by atoms with Crippen LogP contribution < -0.4 is 14.8 Å². The van der Waals surface area contributed by atoms with Gasteiger partial charge in [-0.1, -0.05) is 30.0 Å². The second-order valence-corrected chi connectivity index (χ2v) is 7.78. The first-order valence-corrected chi connectivity index (χ1v) is 11.2. The van der Waals surface area contributed by atoms with Crippen LogP contribution in [0.15, 0.2) is 60.3 Å². The molecule has 0 aliphatic heterocycles. The second kappa shape index (κ2) is 11.5. The molecule has 0 saturated carbocycles. The maximum atomic E-state index is 14.0. The first-order valence-electron chi connectivity index (χ1n) is 10.2. The van der Waals surface area contributed by atoms with Gasteiger partial charge < -0.3 is 14.8 Å². The number of benzene rings is 2. The van der Waals surface area contributed by atoms with E-state index in [1.807, 2.05) is 19.1 Å². The Hall–Kier alpha value is -3.40. The molecule has 7 nitrogen and oxygen atoms in total. The van der Waals surface area contributed by atoms with E-state index in [4.69, 9.17) is 9.47 Å². The molecule has 0 bridgehead atoms. The molecule has 174 valence electrons. The van der Waals surface area contributed by atoms with Crippen LogP contribution in [0, 0.1) is 11.6 Å². The Morgan fingerprint density at radius 1 is 1.24 bits per heavy atom. The first-order chi connectivity index (χ1) is 15.9. The van der Waals surface area contributed by atoms with E-state index in [1.54, 1.807) is 29.7 Å². The van der Waals surface area contributed by atoms with Gasteiger partial charge in [-0.05, 0) is 38.1 Å². The van der Waals surface area contributed by atoms with Crippen molar-refractivity contribution in [2.24, 2.45) is 0 Å². The van der Waals surface area contributed by atoms with Crippen molar-refractivity contribution in [1.29, 1.82) is 0 Å². The topological polar surface area (TPSA) is 78.3 Å². The van der Waals surface area contributed by atoms with Crippen LogP contribution in [0.4, 0.5) is 14.5 Å². The van der Waals surface area contributed by atoms with Crippen LogP contribution in [-0.4, -0.2) is 33.0 Å². The Bertz CT molecular complexity index is 1120. The Morgan fingerprint density at radius 3 is 2.76 bits per heavy atom. The van der Waals surface area contributed by atoms with E-state index in [9.17, 15) is 13.6 Å². The van der Waals surface area contributed by atoms with Crippen LogP contribution >= 0.6 is 11.8 Å². The maximum Gasteiger partial charge on any atom is 0.234 e. The maximum absolute atomic E-state index is 14.0. The molecule has 3 aromatic rings. The summed E-state index contributed by atoms with van der Waals surface area (Å²) in [4.78, 5) is 12.5. The molecule has 10 heteroatoms. The minimum Gasteiger partial charge on any atom is -0.492 e. The van der Waals surface area contributed by atoms with E-state index in [1.165, 1.54) is 17.8 Å². The molecular formula is C23H24F2N4O3S. The van der Waals surface area contributed by atoms with Crippen LogP contribution in [-0.2, 0) is 11.3 Å². The third-order valence-electron chi connectivity index (χ3n) is 4.41. The third kappa shape index (κ3) is 6.32. The summed E-state index contributed by atoms with van der Waals surface area (Å²) in [6.07, 6.45) is 0.971. The molecule has 1 unspecified atom stereocenters. The number of amides is 1. The summed E-state index contributed by atoms with van der Waals surface area (Å²) in [5.74, 6) is -0.744. The van der Waals surface area contributed by atoms with E-state index < -0.39 is 17.7 Å². The second-order valence-electron chi connectivity index (χ2n) is 6.84. The van der Waals surface area contributed by atoms with E-state index >= 15 is 0 Å². The SMILES string of the molecule is C=CCn1c(SCC(=O)Nc2ccccc2OCC)nnc1C(C)Oc1ccc(F)cc1F. The molecule has 1 aromatic heterocycles. The quantitative estimate of drug-likeness (QED) is 0.311. The first kappa shape index (κ1) is 24.2. The molecule has 0 spiro atoms. The number of ether oxygens (including phenoxy) is 2. The van der Waals surface area contributed by atoms with Gasteiger partial charge in [-0.2, -0.15) is 0 Å². The zero-order valence-electron chi connectivity index (χ0n) is 18.3. The zero-order chi connectivity index (χ0) is 23.8. The zero-order valence-corrected chi connectivity index (χ0v) is 19.1. The lowest BCUT2D eigenvalue weighted by molar-refractivity contribution is -0.113.